The van der Waals surface area contributed by atoms with Crippen LogP contribution in [0, 0.1) is 22.6 Å². The molecule has 2 atom stereocenters. The maximum atomic E-state index is 13.5. The fourth-order valence-corrected chi connectivity index (χ4v) is 3.74. The number of hydrogen-bond donors (Lipinski definition) is 2. The van der Waals surface area contributed by atoms with Gasteiger partial charge in [0.1, 0.15) is 17.5 Å². The second-order valence-electron chi connectivity index (χ2n) is 10.5. The van der Waals surface area contributed by atoms with E-state index in [4.69, 9.17) is 4.74 Å². The van der Waals surface area contributed by atoms with Gasteiger partial charge >= 0.3 is 6.09 Å². The van der Waals surface area contributed by atoms with Gasteiger partial charge in [-0.15, -0.1) is 0 Å². The highest BCUT2D eigenvalue weighted by Gasteiger charge is 2.31. The molecule has 2 N–H and O–H groups in total. The fraction of sp³-hybridized carbons (Fsp3) is 0.625. The normalized spacial score (nSPS) is 15.4. The molecule has 0 saturated heterocycles. The molecule has 8 heteroatoms. The molecule has 0 unspecified atom stereocenters. The summed E-state index contributed by atoms with van der Waals surface area (Å²) in [6, 6.07) is 5.56. The van der Waals surface area contributed by atoms with E-state index in [1.165, 1.54) is 12.1 Å². The third kappa shape index (κ3) is 8.03. The Morgan fingerprint density at radius 1 is 1.22 bits per heavy atom. The first kappa shape index (κ1) is 25.4. The molecule has 2 rings (SSSR count). The summed E-state index contributed by atoms with van der Waals surface area (Å²) in [6.07, 6.45) is 0.582. The van der Waals surface area contributed by atoms with Crippen LogP contribution < -0.4 is 15.5 Å². The lowest BCUT2D eigenvalue weighted by molar-refractivity contribution is -0.124. The lowest BCUT2D eigenvalue weighted by atomic mass is 9.87. The Kier molecular flexibility index (Phi) is 8.11. The lowest BCUT2D eigenvalue weighted by Crippen LogP contribution is -2.53. The monoisotopic (exact) mass is 446 g/mol. The Labute approximate surface area is 190 Å². The van der Waals surface area contributed by atoms with Crippen LogP contribution in [-0.2, 0) is 16.0 Å². The van der Waals surface area contributed by atoms with Crippen molar-refractivity contribution in [1.29, 1.82) is 5.26 Å². The van der Waals surface area contributed by atoms with Gasteiger partial charge in [-0.25, -0.2) is 9.18 Å². The number of carbonyl (C=O) groups excluding carboxylic acids is 2. The number of fused-ring (bicyclic) bond motifs is 1. The quantitative estimate of drug-likeness (QED) is 0.662. The molecule has 1 aromatic rings. The van der Waals surface area contributed by atoms with Crippen LogP contribution in [0.25, 0.3) is 0 Å². The molecule has 0 fully saturated rings. The van der Waals surface area contributed by atoms with Gasteiger partial charge in [0.2, 0.25) is 5.91 Å². The zero-order valence-corrected chi connectivity index (χ0v) is 19.9. The Balaban J connectivity index is 2.10. The van der Waals surface area contributed by atoms with Crippen molar-refractivity contribution in [2.75, 3.05) is 18.0 Å². The fourth-order valence-electron chi connectivity index (χ4n) is 3.74. The third-order valence-corrected chi connectivity index (χ3v) is 4.98. The summed E-state index contributed by atoms with van der Waals surface area (Å²) < 4.78 is 18.8. The average Bonchev–Trinajstić information content (AvgIpc) is 3.00. The number of hydrogen-bond acceptors (Lipinski definition) is 5. The Hall–Kier alpha value is -2.82. The molecular formula is C24H35FN4O3. The SMILES string of the molecule is CC(C)(C)C[C@H](NC(=O)OC(C)(C)C)C(=O)N[C@@H](CC#N)CN1CCc2cc(F)ccc21. The van der Waals surface area contributed by atoms with Crippen LogP contribution in [0.15, 0.2) is 18.2 Å². The van der Waals surface area contributed by atoms with Crippen LogP contribution in [0.1, 0.15) is 59.9 Å². The predicted molar refractivity (Wildman–Crippen MR) is 122 cm³/mol. The average molecular weight is 447 g/mol. The number of nitriles is 1. The Bertz CT molecular complexity index is 867. The summed E-state index contributed by atoms with van der Waals surface area (Å²) >= 11 is 0. The molecule has 1 heterocycles. The Morgan fingerprint density at radius 2 is 1.91 bits per heavy atom. The van der Waals surface area contributed by atoms with Crippen molar-refractivity contribution in [3.63, 3.8) is 0 Å². The van der Waals surface area contributed by atoms with Gasteiger partial charge in [-0.1, -0.05) is 20.8 Å². The molecule has 0 spiro atoms. The molecule has 0 bridgehead atoms. The summed E-state index contributed by atoms with van der Waals surface area (Å²) in [4.78, 5) is 27.5. The highest BCUT2D eigenvalue weighted by molar-refractivity contribution is 5.86. The first-order valence-corrected chi connectivity index (χ1v) is 11.0. The van der Waals surface area contributed by atoms with E-state index in [9.17, 15) is 19.2 Å². The van der Waals surface area contributed by atoms with Crippen LogP contribution in [0.3, 0.4) is 0 Å². The number of nitrogens with zero attached hydrogens (tertiary/aromatic N) is 2. The van der Waals surface area contributed by atoms with Crippen molar-refractivity contribution in [2.45, 2.75) is 78.5 Å². The smallest absolute Gasteiger partial charge is 0.408 e. The lowest BCUT2D eigenvalue weighted by Gasteiger charge is -2.30. The number of benzene rings is 1. The molecular weight excluding hydrogens is 411 g/mol. The van der Waals surface area contributed by atoms with E-state index in [0.29, 0.717) is 25.9 Å². The van der Waals surface area contributed by atoms with Crippen LogP contribution >= 0.6 is 0 Å². The second kappa shape index (κ2) is 10.2. The maximum Gasteiger partial charge on any atom is 0.408 e. The standard InChI is InChI=1S/C24H35FN4O3/c1-23(2,3)14-19(28-22(31)32-24(4,5)6)21(30)27-18(9-11-26)15-29-12-10-16-13-17(25)7-8-20(16)29/h7-8,13,18-19H,9-10,12,14-15H2,1-6H3,(H,27,30)(H,28,31)/t18-,19-/m0/s1. The minimum absolute atomic E-state index is 0.118. The number of anilines is 1. The molecule has 0 saturated carbocycles. The van der Waals surface area contributed by atoms with Crippen molar-refractivity contribution in [3.8, 4) is 6.07 Å². The first-order valence-electron chi connectivity index (χ1n) is 11.0. The van der Waals surface area contributed by atoms with Crippen molar-refractivity contribution in [1.82, 2.24) is 10.6 Å². The van der Waals surface area contributed by atoms with Gasteiger partial charge in [-0.2, -0.15) is 5.26 Å². The van der Waals surface area contributed by atoms with E-state index < -0.39 is 23.8 Å². The van der Waals surface area contributed by atoms with Crippen LogP contribution in [-0.4, -0.2) is 42.8 Å². The number of ether oxygens (including phenoxy) is 1. The maximum absolute atomic E-state index is 13.5. The van der Waals surface area contributed by atoms with E-state index in [2.05, 4.69) is 21.6 Å². The molecule has 1 aliphatic heterocycles. The van der Waals surface area contributed by atoms with E-state index in [0.717, 1.165) is 11.3 Å². The van der Waals surface area contributed by atoms with Gasteiger partial charge in [0.05, 0.1) is 18.5 Å². The van der Waals surface area contributed by atoms with Gasteiger partial charge in [-0.05, 0) is 62.8 Å². The van der Waals surface area contributed by atoms with Gasteiger partial charge in [0, 0.05) is 18.8 Å². The van der Waals surface area contributed by atoms with E-state index >= 15 is 0 Å². The minimum atomic E-state index is -0.800. The molecule has 32 heavy (non-hydrogen) atoms. The minimum Gasteiger partial charge on any atom is -0.444 e. The molecule has 7 nitrogen and oxygen atoms in total. The summed E-state index contributed by atoms with van der Waals surface area (Å²) in [5.41, 5.74) is 0.935. The van der Waals surface area contributed by atoms with Gasteiger partial charge < -0.3 is 20.3 Å². The molecule has 1 aliphatic rings. The third-order valence-electron chi connectivity index (χ3n) is 4.98. The number of rotatable bonds is 7. The predicted octanol–water partition coefficient (Wildman–Crippen LogP) is 3.92. The second-order valence-corrected chi connectivity index (χ2v) is 10.5. The zero-order valence-electron chi connectivity index (χ0n) is 19.9. The first-order chi connectivity index (χ1) is 14.8. The van der Waals surface area contributed by atoms with Crippen LogP contribution in [0.2, 0.25) is 0 Å². The molecule has 0 aliphatic carbocycles. The number of alkyl carbamates (subject to hydrolysis) is 1. The van der Waals surface area contributed by atoms with Crippen LogP contribution in [0.4, 0.5) is 14.9 Å². The van der Waals surface area contributed by atoms with Gasteiger partial charge in [-0.3, -0.25) is 4.79 Å². The molecule has 2 amide bonds. The molecule has 1 aromatic carbocycles. The highest BCUT2D eigenvalue weighted by atomic mass is 19.1. The summed E-state index contributed by atoms with van der Waals surface area (Å²) in [7, 11) is 0. The topological polar surface area (TPSA) is 94.5 Å². The van der Waals surface area contributed by atoms with E-state index in [-0.39, 0.29) is 23.6 Å². The van der Waals surface area contributed by atoms with Gasteiger partial charge in [0.15, 0.2) is 0 Å². The molecule has 0 aromatic heterocycles. The number of halogens is 1. The van der Waals surface area contributed by atoms with Crippen molar-refractivity contribution >= 4 is 17.7 Å². The van der Waals surface area contributed by atoms with Crippen LogP contribution in [0.5, 0.6) is 0 Å². The van der Waals surface area contributed by atoms with Crippen molar-refractivity contribution < 1.29 is 18.7 Å². The number of nitrogens with one attached hydrogen (secondary N) is 2. The number of carbonyl (C=O) groups is 2. The summed E-state index contributed by atoms with van der Waals surface area (Å²) in [6.45, 7) is 12.3. The highest BCUT2D eigenvalue weighted by Crippen LogP contribution is 2.29. The molecule has 0 radical (unpaired) electrons. The number of amides is 2. The zero-order chi connectivity index (χ0) is 24.1. The van der Waals surface area contributed by atoms with Crippen molar-refractivity contribution in [2.24, 2.45) is 5.41 Å². The molecule has 176 valence electrons. The Morgan fingerprint density at radius 3 is 2.50 bits per heavy atom. The summed E-state index contributed by atoms with van der Waals surface area (Å²) in [5.74, 6) is -0.629. The van der Waals surface area contributed by atoms with E-state index in [1.807, 2.05) is 20.8 Å². The summed E-state index contributed by atoms with van der Waals surface area (Å²) in [5, 5.41) is 14.9. The van der Waals surface area contributed by atoms with Gasteiger partial charge in [0.25, 0.3) is 0 Å². The van der Waals surface area contributed by atoms with E-state index in [1.54, 1.807) is 26.8 Å². The largest absolute Gasteiger partial charge is 0.444 e. The van der Waals surface area contributed by atoms with Crippen molar-refractivity contribution in [3.05, 3.63) is 29.6 Å².